The molecule has 20 heavy (non-hydrogen) atoms. The lowest BCUT2D eigenvalue weighted by Crippen LogP contribution is -2.11. The Hall–Kier alpha value is -1.68. The maximum absolute atomic E-state index is 6.17. The molecule has 0 amide bonds. The second-order valence-electron chi connectivity index (χ2n) is 4.85. The van der Waals surface area contributed by atoms with Gasteiger partial charge in [-0.25, -0.2) is 4.98 Å². The van der Waals surface area contributed by atoms with E-state index in [4.69, 9.17) is 21.1 Å². The van der Waals surface area contributed by atoms with Crippen LogP contribution in [0.2, 0.25) is 5.28 Å². The van der Waals surface area contributed by atoms with E-state index in [0.29, 0.717) is 11.9 Å². The molecule has 0 bridgehead atoms. The Morgan fingerprint density at radius 1 is 1.30 bits per heavy atom. The quantitative estimate of drug-likeness (QED) is 0.866. The zero-order valence-corrected chi connectivity index (χ0v) is 12.2. The lowest BCUT2D eigenvalue weighted by Gasteiger charge is -2.16. The third kappa shape index (κ3) is 2.61. The van der Waals surface area contributed by atoms with Crippen molar-refractivity contribution in [2.24, 2.45) is 0 Å². The summed E-state index contributed by atoms with van der Waals surface area (Å²) >= 11 is 6.17. The van der Waals surface area contributed by atoms with Gasteiger partial charge in [-0.2, -0.15) is 0 Å². The van der Waals surface area contributed by atoms with Crippen LogP contribution in [0, 0.1) is 0 Å². The standard InChI is InChI=1S/C15H17ClN2O2/c1-19-11-5-4-6-12(9-11)20-10-13-14-7-2-3-8-18(14)15(16)17-13/h4-6,9H,2-3,7-8,10H2,1H3. The summed E-state index contributed by atoms with van der Waals surface area (Å²) in [5, 5.41) is 0.573. The Labute approximate surface area is 123 Å². The molecule has 5 heteroatoms. The van der Waals surface area contributed by atoms with Crippen LogP contribution >= 0.6 is 11.6 Å². The molecule has 0 radical (unpaired) electrons. The molecule has 3 rings (SSSR count). The number of imidazole rings is 1. The maximum atomic E-state index is 6.17. The van der Waals surface area contributed by atoms with Gasteiger partial charge in [0.05, 0.1) is 7.11 Å². The number of methoxy groups -OCH3 is 1. The first kappa shape index (κ1) is 13.3. The molecule has 106 valence electrons. The fourth-order valence-electron chi connectivity index (χ4n) is 2.53. The van der Waals surface area contributed by atoms with Gasteiger partial charge < -0.3 is 14.0 Å². The van der Waals surface area contributed by atoms with Crippen LogP contribution < -0.4 is 9.47 Å². The zero-order valence-electron chi connectivity index (χ0n) is 11.4. The fourth-order valence-corrected chi connectivity index (χ4v) is 2.82. The highest BCUT2D eigenvalue weighted by molar-refractivity contribution is 6.28. The first-order valence-electron chi connectivity index (χ1n) is 6.78. The third-order valence-corrected chi connectivity index (χ3v) is 3.86. The number of benzene rings is 1. The number of aromatic nitrogens is 2. The molecule has 0 fully saturated rings. The van der Waals surface area contributed by atoms with Gasteiger partial charge in [0, 0.05) is 18.3 Å². The topological polar surface area (TPSA) is 36.3 Å². The predicted octanol–water partition coefficient (Wildman–Crippen LogP) is 3.46. The Morgan fingerprint density at radius 3 is 3.00 bits per heavy atom. The van der Waals surface area contributed by atoms with Crippen LogP contribution in [0.15, 0.2) is 24.3 Å². The van der Waals surface area contributed by atoms with Crippen LogP contribution in [0.1, 0.15) is 24.2 Å². The molecule has 0 aliphatic carbocycles. The van der Waals surface area contributed by atoms with Gasteiger partial charge in [0.1, 0.15) is 23.8 Å². The number of fused-ring (bicyclic) bond motifs is 1. The van der Waals surface area contributed by atoms with E-state index in [1.807, 2.05) is 24.3 Å². The smallest absolute Gasteiger partial charge is 0.203 e. The van der Waals surface area contributed by atoms with Crippen molar-refractivity contribution in [1.29, 1.82) is 0 Å². The molecule has 4 nitrogen and oxygen atoms in total. The fraction of sp³-hybridized carbons (Fsp3) is 0.400. The highest BCUT2D eigenvalue weighted by atomic mass is 35.5. The van der Waals surface area contributed by atoms with E-state index in [1.165, 1.54) is 18.5 Å². The van der Waals surface area contributed by atoms with Gasteiger partial charge in [-0.15, -0.1) is 0 Å². The Bertz CT molecular complexity index is 610. The van der Waals surface area contributed by atoms with Crippen molar-refractivity contribution in [2.45, 2.75) is 32.4 Å². The number of hydrogen-bond acceptors (Lipinski definition) is 3. The van der Waals surface area contributed by atoms with Gasteiger partial charge in [0.25, 0.3) is 0 Å². The Kier molecular flexibility index (Phi) is 3.83. The van der Waals surface area contributed by atoms with Crippen LogP contribution in [0.3, 0.4) is 0 Å². The Morgan fingerprint density at radius 2 is 2.15 bits per heavy atom. The molecule has 2 aromatic rings. The monoisotopic (exact) mass is 292 g/mol. The van der Waals surface area contributed by atoms with Crippen molar-refractivity contribution in [2.75, 3.05) is 7.11 Å². The maximum Gasteiger partial charge on any atom is 0.203 e. The van der Waals surface area contributed by atoms with Crippen LogP contribution in [0.4, 0.5) is 0 Å². The van der Waals surface area contributed by atoms with Gasteiger partial charge in [-0.1, -0.05) is 6.07 Å². The van der Waals surface area contributed by atoms with E-state index in [1.54, 1.807) is 7.11 Å². The minimum atomic E-state index is 0.440. The minimum Gasteiger partial charge on any atom is -0.497 e. The number of halogens is 1. The molecule has 1 aromatic heterocycles. The molecule has 0 N–H and O–H groups in total. The molecule has 1 aromatic carbocycles. The van der Waals surface area contributed by atoms with Gasteiger partial charge in [-0.3, -0.25) is 0 Å². The van der Waals surface area contributed by atoms with Crippen molar-refractivity contribution >= 4 is 11.6 Å². The van der Waals surface area contributed by atoms with Crippen molar-refractivity contribution < 1.29 is 9.47 Å². The minimum absolute atomic E-state index is 0.440. The largest absolute Gasteiger partial charge is 0.497 e. The van der Waals surface area contributed by atoms with E-state index < -0.39 is 0 Å². The van der Waals surface area contributed by atoms with E-state index in [0.717, 1.165) is 30.2 Å². The summed E-state index contributed by atoms with van der Waals surface area (Å²) in [6.45, 7) is 1.40. The first-order valence-corrected chi connectivity index (χ1v) is 7.16. The molecule has 1 aliphatic heterocycles. The van der Waals surface area contributed by atoms with E-state index in [-0.39, 0.29) is 0 Å². The number of rotatable bonds is 4. The molecule has 0 atom stereocenters. The SMILES string of the molecule is COc1cccc(OCc2nc(Cl)n3c2CCCC3)c1. The van der Waals surface area contributed by atoms with Gasteiger partial charge >= 0.3 is 0 Å². The van der Waals surface area contributed by atoms with Crippen LogP contribution in [-0.2, 0) is 19.6 Å². The van der Waals surface area contributed by atoms with Crippen LogP contribution in [0.25, 0.3) is 0 Å². The molecule has 1 aliphatic rings. The predicted molar refractivity (Wildman–Crippen MR) is 77.5 cm³/mol. The first-order chi connectivity index (χ1) is 9.78. The van der Waals surface area contributed by atoms with E-state index in [2.05, 4.69) is 9.55 Å². The van der Waals surface area contributed by atoms with Crippen molar-refractivity contribution in [3.8, 4) is 11.5 Å². The highest BCUT2D eigenvalue weighted by Gasteiger charge is 2.19. The summed E-state index contributed by atoms with van der Waals surface area (Å²) < 4.78 is 13.1. The normalized spacial score (nSPS) is 13.9. The van der Waals surface area contributed by atoms with Crippen LogP contribution in [-0.4, -0.2) is 16.7 Å². The second kappa shape index (κ2) is 5.75. The summed E-state index contributed by atoms with van der Waals surface area (Å²) in [5.74, 6) is 1.56. The van der Waals surface area contributed by atoms with E-state index >= 15 is 0 Å². The number of nitrogens with zero attached hydrogens (tertiary/aromatic N) is 2. The molecule has 0 saturated heterocycles. The zero-order chi connectivity index (χ0) is 13.9. The van der Waals surface area contributed by atoms with Crippen molar-refractivity contribution in [1.82, 2.24) is 9.55 Å². The molecular formula is C15H17ClN2O2. The number of hydrogen-bond donors (Lipinski definition) is 0. The number of ether oxygens (including phenoxy) is 2. The van der Waals surface area contributed by atoms with Crippen molar-refractivity contribution in [3.05, 3.63) is 40.9 Å². The van der Waals surface area contributed by atoms with Gasteiger partial charge in [-0.05, 0) is 43.0 Å². The second-order valence-corrected chi connectivity index (χ2v) is 5.19. The summed E-state index contributed by atoms with van der Waals surface area (Å²) in [7, 11) is 1.64. The molecule has 0 spiro atoms. The average molecular weight is 293 g/mol. The lowest BCUT2D eigenvalue weighted by atomic mass is 10.1. The molecule has 0 unspecified atom stereocenters. The van der Waals surface area contributed by atoms with Gasteiger partial charge in [0.2, 0.25) is 5.28 Å². The lowest BCUT2D eigenvalue weighted by molar-refractivity contribution is 0.297. The summed E-state index contributed by atoms with van der Waals surface area (Å²) in [4.78, 5) is 4.42. The molecular weight excluding hydrogens is 276 g/mol. The summed E-state index contributed by atoms with van der Waals surface area (Å²) in [5.41, 5.74) is 2.15. The summed E-state index contributed by atoms with van der Waals surface area (Å²) in [6.07, 6.45) is 3.38. The summed E-state index contributed by atoms with van der Waals surface area (Å²) in [6, 6.07) is 7.57. The van der Waals surface area contributed by atoms with Crippen LogP contribution in [0.5, 0.6) is 11.5 Å². The van der Waals surface area contributed by atoms with Gasteiger partial charge in [0.15, 0.2) is 0 Å². The highest BCUT2D eigenvalue weighted by Crippen LogP contribution is 2.25. The molecule has 2 heterocycles. The Balaban J connectivity index is 1.75. The average Bonchev–Trinajstić information content (AvgIpc) is 2.82. The third-order valence-electron chi connectivity index (χ3n) is 3.57. The van der Waals surface area contributed by atoms with E-state index in [9.17, 15) is 0 Å². The molecule has 0 saturated carbocycles. The van der Waals surface area contributed by atoms with Crippen molar-refractivity contribution in [3.63, 3.8) is 0 Å².